The third-order valence-electron chi connectivity index (χ3n) is 2.55. The second kappa shape index (κ2) is 6.73. The van der Waals surface area contributed by atoms with Crippen LogP contribution in [0.15, 0.2) is 51.5 Å². The molecule has 20 heavy (non-hydrogen) atoms. The van der Waals surface area contributed by atoms with Crippen LogP contribution in [0.3, 0.4) is 0 Å². The van der Waals surface area contributed by atoms with Crippen LogP contribution in [0.5, 0.6) is 5.75 Å². The zero-order valence-corrected chi connectivity index (χ0v) is 12.4. The maximum Gasteiger partial charge on any atom is 0.215 e. The van der Waals surface area contributed by atoms with Gasteiger partial charge in [-0.25, -0.2) is 4.99 Å². The number of ether oxygens (including phenoxy) is 1. The predicted molar refractivity (Wildman–Crippen MR) is 82.2 cm³/mol. The minimum absolute atomic E-state index is 0.0687. The Morgan fingerprint density at radius 3 is 2.25 bits per heavy atom. The minimum atomic E-state index is -0.379. The number of benzene rings is 1. The van der Waals surface area contributed by atoms with Crippen molar-refractivity contribution in [2.24, 2.45) is 4.99 Å². The molecule has 1 aromatic rings. The number of halogens is 2. The quantitative estimate of drug-likeness (QED) is 0.774. The number of rotatable bonds is 4. The maximum absolute atomic E-state index is 11.4. The van der Waals surface area contributed by atoms with E-state index in [0.717, 1.165) is 17.9 Å². The van der Waals surface area contributed by atoms with Gasteiger partial charge in [0.15, 0.2) is 0 Å². The first kappa shape index (κ1) is 14.8. The lowest BCUT2D eigenvalue weighted by molar-refractivity contribution is -0.111. The molecule has 0 saturated carbocycles. The van der Waals surface area contributed by atoms with Crippen molar-refractivity contribution in [3.05, 3.63) is 46.5 Å². The predicted octanol–water partition coefficient (Wildman–Crippen LogP) is 4.38. The first-order chi connectivity index (χ1) is 9.60. The van der Waals surface area contributed by atoms with Gasteiger partial charge < -0.3 is 4.74 Å². The van der Waals surface area contributed by atoms with Gasteiger partial charge in [-0.3, -0.25) is 4.79 Å². The zero-order valence-electron chi connectivity index (χ0n) is 10.9. The number of Topliss-reactive ketones (excluding diaryl/α,β-unsaturated/α-hetero) is 1. The monoisotopic (exact) mass is 309 g/mol. The molecule has 0 aromatic heterocycles. The van der Waals surface area contributed by atoms with Gasteiger partial charge in [-0.2, -0.15) is 0 Å². The smallest absolute Gasteiger partial charge is 0.215 e. The van der Waals surface area contributed by atoms with Gasteiger partial charge in [0, 0.05) is 0 Å². The van der Waals surface area contributed by atoms with E-state index in [9.17, 15) is 4.79 Å². The van der Waals surface area contributed by atoms with Crippen LogP contribution in [0.25, 0.3) is 0 Å². The lowest BCUT2D eigenvalue weighted by Crippen LogP contribution is -2.07. The van der Waals surface area contributed by atoms with E-state index in [-0.39, 0.29) is 15.8 Å². The molecule has 0 aliphatic heterocycles. The third kappa shape index (κ3) is 3.71. The standard InChI is InChI=1S/C15H13Cl2NO2/c1-2-7-20-12-5-3-10(4-6-12)18-11-8-13(16)15(19)14(17)9-11/h3-6,8-9H,2,7H2,1H3. The molecule has 0 N–H and O–H groups in total. The zero-order chi connectivity index (χ0) is 14.5. The summed E-state index contributed by atoms with van der Waals surface area (Å²) in [6.45, 7) is 2.74. The summed E-state index contributed by atoms with van der Waals surface area (Å²) < 4.78 is 5.49. The van der Waals surface area contributed by atoms with Gasteiger partial charge in [0.25, 0.3) is 0 Å². The molecule has 0 radical (unpaired) electrons. The average molecular weight is 310 g/mol. The number of aliphatic imine (C=N–C) groups is 1. The summed E-state index contributed by atoms with van der Waals surface area (Å²) in [6, 6.07) is 7.36. The molecule has 5 heteroatoms. The van der Waals surface area contributed by atoms with Gasteiger partial charge in [0.05, 0.1) is 28.1 Å². The number of nitrogens with zero attached hydrogens (tertiary/aromatic N) is 1. The molecule has 0 atom stereocenters. The van der Waals surface area contributed by atoms with E-state index in [2.05, 4.69) is 11.9 Å². The summed E-state index contributed by atoms with van der Waals surface area (Å²) in [5.41, 5.74) is 1.28. The fourth-order valence-electron chi connectivity index (χ4n) is 1.60. The lowest BCUT2D eigenvalue weighted by Gasteiger charge is -2.07. The van der Waals surface area contributed by atoms with Crippen LogP contribution in [0.2, 0.25) is 0 Å². The number of ketones is 1. The highest BCUT2D eigenvalue weighted by molar-refractivity contribution is 6.57. The number of carbonyl (C=O) groups is 1. The summed E-state index contributed by atoms with van der Waals surface area (Å²) in [6.07, 6.45) is 3.96. The molecule has 1 aliphatic carbocycles. The van der Waals surface area contributed by atoms with Gasteiger partial charge >= 0.3 is 0 Å². The summed E-state index contributed by atoms with van der Waals surface area (Å²) in [5.74, 6) is 0.423. The van der Waals surface area contributed by atoms with Crippen molar-refractivity contribution in [2.75, 3.05) is 6.61 Å². The van der Waals surface area contributed by atoms with E-state index in [4.69, 9.17) is 27.9 Å². The fourth-order valence-corrected chi connectivity index (χ4v) is 2.07. The Morgan fingerprint density at radius 1 is 1.10 bits per heavy atom. The van der Waals surface area contributed by atoms with Crippen LogP contribution in [-0.2, 0) is 4.79 Å². The molecular weight excluding hydrogens is 297 g/mol. The molecule has 0 saturated heterocycles. The first-order valence-electron chi connectivity index (χ1n) is 6.21. The van der Waals surface area contributed by atoms with Crippen molar-refractivity contribution in [3.8, 4) is 5.75 Å². The number of allylic oxidation sites excluding steroid dienone is 4. The Labute approximate surface area is 127 Å². The summed E-state index contributed by atoms with van der Waals surface area (Å²) >= 11 is 11.6. The Morgan fingerprint density at radius 2 is 1.70 bits per heavy atom. The summed E-state index contributed by atoms with van der Waals surface area (Å²) in [7, 11) is 0. The molecule has 1 aliphatic rings. The second-order valence-corrected chi connectivity index (χ2v) is 5.01. The lowest BCUT2D eigenvalue weighted by atomic mass is 10.1. The first-order valence-corrected chi connectivity index (χ1v) is 6.96. The highest BCUT2D eigenvalue weighted by Gasteiger charge is 2.17. The maximum atomic E-state index is 11.4. The topological polar surface area (TPSA) is 38.7 Å². The number of hydrogen-bond acceptors (Lipinski definition) is 3. The molecular formula is C15H13Cl2NO2. The van der Waals surface area contributed by atoms with Crippen molar-refractivity contribution in [1.82, 2.24) is 0 Å². The van der Waals surface area contributed by atoms with Gasteiger partial charge in [0.1, 0.15) is 5.75 Å². The van der Waals surface area contributed by atoms with Crippen molar-refractivity contribution >= 4 is 40.4 Å². The highest BCUT2D eigenvalue weighted by Crippen LogP contribution is 2.23. The Bertz CT molecular complexity index is 577. The van der Waals surface area contributed by atoms with Gasteiger partial charge in [0.2, 0.25) is 5.78 Å². The minimum Gasteiger partial charge on any atom is -0.494 e. The van der Waals surface area contributed by atoms with E-state index >= 15 is 0 Å². The molecule has 0 heterocycles. The molecule has 1 aromatic carbocycles. The molecule has 0 spiro atoms. The average Bonchev–Trinajstić information content (AvgIpc) is 2.44. The molecule has 104 valence electrons. The Kier molecular flexibility index (Phi) is 4.99. The van der Waals surface area contributed by atoms with E-state index in [1.165, 1.54) is 12.2 Å². The number of carbonyl (C=O) groups excluding carboxylic acids is 1. The van der Waals surface area contributed by atoms with Crippen molar-refractivity contribution in [2.45, 2.75) is 13.3 Å². The molecule has 0 fully saturated rings. The van der Waals surface area contributed by atoms with Crippen molar-refractivity contribution in [1.29, 1.82) is 0 Å². The third-order valence-corrected chi connectivity index (χ3v) is 3.11. The Hall–Kier alpha value is -1.58. The largest absolute Gasteiger partial charge is 0.494 e. The van der Waals surface area contributed by atoms with Gasteiger partial charge in [-0.05, 0) is 42.8 Å². The number of hydrogen-bond donors (Lipinski definition) is 0. The van der Waals surface area contributed by atoms with E-state index in [1.807, 2.05) is 24.3 Å². The molecule has 3 nitrogen and oxygen atoms in total. The Balaban J connectivity index is 2.17. The van der Waals surface area contributed by atoms with Gasteiger partial charge in [-0.15, -0.1) is 0 Å². The van der Waals surface area contributed by atoms with E-state index in [0.29, 0.717) is 12.3 Å². The van der Waals surface area contributed by atoms with Crippen LogP contribution in [-0.4, -0.2) is 18.1 Å². The van der Waals surface area contributed by atoms with Gasteiger partial charge in [-0.1, -0.05) is 30.1 Å². The van der Waals surface area contributed by atoms with E-state index in [1.54, 1.807) is 0 Å². The molecule has 0 unspecified atom stereocenters. The fraction of sp³-hybridized carbons (Fsp3) is 0.200. The highest BCUT2D eigenvalue weighted by atomic mass is 35.5. The molecule has 2 rings (SSSR count). The SMILES string of the molecule is CCCOc1ccc(N=C2C=C(Cl)C(=O)C(Cl)=C2)cc1. The normalized spacial score (nSPS) is 14.8. The second-order valence-electron chi connectivity index (χ2n) is 4.19. The van der Waals surface area contributed by atoms with Crippen LogP contribution in [0.4, 0.5) is 5.69 Å². The van der Waals surface area contributed by atoms with Crippen LogP contribution < -0.4 is 4.74 Å². The molecule has 0 amide bonds. The van der Waals surface area contributed by atoms with E-state index < -0.39 is 0 Å². The molecule has 0 bridgehead atoms. The van der Waals surface area contributed by atoms with Crippen molar-refractivity contribution in [3.63, 3.8) is 0 Å². The van der Waals surface area contributed by atoms with Crippen LogP contribution >= 0.6 is 23.2 Å². The summed E-state index contributed by atoms with van der Waals surface area (Å²) in [4.78, 5) is 15.8. The summed E-state index contributed by atoms with van der Waals surface area (Å²) in [5, 5.41) is 0.137. The van der Waals surface area contributed by atoms with Crippen LogP contribution in [0.1, 0.15) is 13.3 Å². The van der Waals surface area contributed by atoms with Crippen LogP contribution in [0, 0.1) is 0 Å². The van der Waals surface area contributed by atoms with Crippen molar-refractivity contribution < 1.29 is 9.53 Å².